The molecule has 0 aromatic heterocycles. The Hall–Kier alpha value is -1.70. The lowest BCUT2D eigenvalue weighted by molar-refractivity contribution is -0.145. The molecule has 63 heavy (non-hydrogen) atoms. The van der Waals surface area contributed by atoms with Crippen molar-refractivity contribution in [2.75, 3.05) is 159 Å². The summed E-state index contributed by atoms with van der Waals surface area (Å²) in [6, 6.07) is 0. The molecule has 16 nitrogen and oxygen atoms in total. The highest BCUT2D eigenvalue weighted by Gasteiger charge is 2.15. The zero-order chi connectivity index (χ0) is 45.8. The maximum Gasteiger partial charge on any atom is 0.407 e. The molecule has 0 saturated heterocycles. The predicted octanol–water partition coefficient (Wildman–Crippen LogP) is 7.50. The molecular weight excluding hydrogens is 819 g/mol. The van der Waals surface area contributed by atoms with E-state index in [2.05, 4.69) is 12.2 Å². The van der Waals surface area contributed by atoms with Crippen molar-refractivity contribution in [3.05, 3.63) is 0 Å². The summed E-state index contributed by atoms with van der Waals surface area (Å²) in [4.78, 5) is 23.4. The fraction of sp³-hybridized carbons (Fsp3) is 0.957. The molecule has 0 heterocycles. The van der Waals surface area contributed by atoms with Crippen molar-refractivity contribution in [2.45, 2.75) is 136 Å². The van der Waals surface area contributed by atoms with Crippen molar-refractivity contribution < 1.29 is 71.2 Å². The molecule has 0 radical (unpaired) electrons. The van der Waals surface area contributed by atoms with E-state index in [1.165, 1.54) is 83.5 Å². The second kappa shape index (κ2) is 51.3. The average molecular weight is 912 g/mol. The van der Waals surface area contributed by atoms with Gasteiger partial charge < -0.3 is 66.9 Å². The van der Waals surface area contributed by atoms with Gasteiger partial charge >= 0.3 is 12.1 Å². The van der Waals surface area contributed by atoms with Gasteiger partial charge in [0, 0.05) is 13.0 Å². The van der Waals surface area contributed by atoms with Gasteiger partial charge in [0.25, 0.3) is 0 Å². The minimum Gasteiger partial charge on any atom is -0.463 e. The molecule has 0 aliphatic carbocycles. The van der Waals surface area contributed by atoms with E-state index in [9.17, 15) is 9.59 Å². The second-order valence-electron chi connectivity index (χ2n) is 16.1. The molecule has 0 atom stereocenters. The number of amides is 1. The number of hydrogen-bond acceptors (Lipinski definition) is 15. The van der Waals surface area contributed by atoms with E-state index >= 15 is 0 Å². The van der Waals surface area contributed by atoms with Crippen molar-refractivity contribution in [3.8, 4) is 0 Å². The van der Waals surface area contributed by atoms with Crippen LogP contribution in [0.25, 0.3) is 0 Å². The third-order valence-electron chi connectivity index (χ3n) is 9.11. The van der Waals surface area contributed by atoms with Crippen LogP contribution in [0.15, 0.2) is 0 Å². The fourth-order valence-corrected chi connectivity index (χ4v) is 5.77. The molecule has 0 aromatic carbocycles. The first-order valence-electron chi connectivity index (χ1n) is 24.3. The predicted molar refractivity (Wildman–Crippen MR) is 244 cm³/mol. The summed E-state index contributed by atoms with van der Waals surface area (Å²) < 4.78 is 70.8. The van der Waals surface area contributed by atoms with Crippen molar-refractivity contribution in [2.24, 2.45) is 0 Å². The lowest BCUT2D eigenvalue weighted by atomic mass is 10.0. The number of carbonyl (C=O) groups excluding carboxylic acids is 2. The maximum atomic E-state index is 11.9. The van der Waals surface area contributed by atoms with E-state index in [4.69, 9.17) is 61.6 Å². The molecule has 0 saturated carbocycles. The molecule has 0 spiro atoms. The number of hydrogen-bond donors (Lipinski definition) is 1. The summed E-state index contributed by atoms with van der Waals surface area (Å²) in [6.45, 7) is 18.7. The molecule has 0 aliphatic heterocycles. The van der Waals surface area contributed by atoms with Crippen LogP contribution in [0.5, 0.6) is 0 Å². The zero-order valence-corrected chi connectivity index (χ0v) is 40.4. The Morgan fingerprint density at radius 1 is 0.349 bits per heavy atom. The average Bonchev–Trinajstić information content (AvgIpc) is 3.25. The highest BCUT2D eigenvalue weighted by atomic mass is 16.6. The van der Waals surface area contributed by atoms with Crippen molar-refractivity contribution >= 4 is 12.1 Å². The van der Waals surface area contributed by atoms with E-state index in [0.717, 1.165) is 12.8 Å². The monoisotopic (exact) mass is 912 g/mol. The zero-order valence-electron chi connectivity index (χ0n) is 40.4. The van der Waals surface area contributed by atoms with Gasteiger partial charge in [-0.15, -0.1) is 0 Å². The minimum absolute atomic E-state index is 0.135. The first-order chi connectivity index (χ1) is 30.8. The number of carbonyl (C=O) groups is 2. The largest absolute Gasteiger partial charge is 0.463 e. The van der Waals surface area contributed by atoms with Crippen LogP contribution in [0, 0.1) is 0 Å². The Labute approximate surface area is 382 Å². The molecule has 1 amide bonds. The number of ether oxygens (including phenoxy) is 13. The van der Waals surface area contributed by atoms with Gasteiger partial charge in [-0.05, 0) is 27.2 Å². The lowest BCUT2D eigenvalue weighted by Crippen LogP contribution is -2.34. The Balaban J connectivity index is 3.15. The van der Waals surface area contributed by atoms with Crippen LogP contribution in [0.4, 0.5) is 4.79 Å². The van der Waals surface area contributed by atoms with Crippen LogP contribution in [0.2, 0.25) is 0 Å². The molecule has 1 N–H and O–H groups in total. The molecule has 16 heteroatoms. The summed E-state index contributed by atoms with van der Waals surface area (Å²) >= 11 is 0. The van der Waals surface area contributed by atoms with Crippen molar-refractivity contribution in [1.29, 1.82) is 0 Å². The van der Waals surface area contributed by atoms with Crippen LogP contribution in [-0.2, 0) is 66.4 Å². The molecule has 0 aliphatic rings. The van der Waals surface area contributed by atoms with Gasteiger partial charge in [-0.2, -0.15) is 0 Å². The quantitative estimate of drug-likeness (QED) is 0.0471. The molecular formula is C47H93NO15. The number of alkyl carbamates (subject to hydrolysis) is 1. The topological polar surface area (TPSA) is 166 Å². The van der Waals surface area contributed by atoms with Crippen LogP contribution in [0.3, 0.4) is 0 Å². The first-order valence-corrected chi connectivity index (χ1v) is 24.3. The SMILES string of the molecule is CCCCCCCCCCCCCCCCCC(=O)OCCOCCOCCOCCOCCOCCOCCOCCOCCOCCOCCOCCNC(=O)OC(C)(C)C. The number of nitrogens with one attached hydrogen (secondary N) is 1. The number of unbranched alkanes of at least 4 members (excludes halogenated alkanes) is 14. The third kappa shape index (κ3) is 56.4. The number of esters is 1. The third-order valence-corrected chi connectivity index (χ3v) is 9.11. The van der Waals surface area contributed by atoms with Crippen LogP contribution in [-0.4, -0.2) is 176 Å². The van der Waals surface area contributed by atoms with Gasteiger partial charge in [0.2, 0.25) is 0 Å². The molecule has 0 aromatic rings. The molecule has 0 rings (SSSR count). The Morgan fingerprint density at radius 3 is 0.889 bits per heavy atom. The van der Waals surface area contributed by atoms with Gasteiger partial charge in [-0.25, -0.2) is 4.79 Å². The molecule has 0 fully saturated rings. The first kappa shape index (κ1) is 61.3. The van der Waals surface area contributed by atoms with E-state index in [1.54, 1.807) is 0 Å². The second-order valence-corrected chi connectivity index (χ2v) is 16.1. The molecule has 0 unspecified atom stereocenters. The minimum atomic E-state index is -0.516. The Morgan fingerprint density at radius 2 is 0.603 bits per heavy atom. The smallest absolute Gasteiger partial charge is 0.407 e. The van der Waals surface area contributed by atoms with E-state index < -0.39 is 11.7 Å². The summed E-state index contributed by atoms with van der Waals surface area (Å²) in [5, 5.41) is 2.63. The summed E-state index contributed by atoms with van der Waals surface area (Å²) in [7, 11) is 0. The van der Waals surface area contributed by atoms with Gasteiger partial charge in [-0.1, -0.05) is 96.8 Å². The Bertz CT molecular complexity index is 928. The highest BCUT2D eigenvalue weighted by molar-refractivity contribution is 5.69. The van der Waals surface area contributed by atoms with Gasteiger partial charge in [0.15, 0.2) is 0 Å². The Kier molecular flexibility index (Phi) is 49.9. The maximum absolute atomic E-state index is 11.9. The van der Waals surface area contributed by atoms with Crippen LogP contribution < -0.4 is 5.32 Å². The van der Waals surface area contributed by atoms with Crippen LogP contribution in [0.1, 0.15) is 130 Å². The van der Waals surface area contributed by atoms with Gasteiger partial charge in [-0.3, -0.25) is 4.79 Å². The normalized spacial score (nSPS) is 11.7. The van der Waals surface area contributed by atoms with E-state index in [0.29, 0.717) is 158 Å². The van der Waals surface area contributed by atoms with Crippen molar-refractivity contribution in [1.82, 2.24) is 5.32 Å². The molecule has 0 bridgehead atoms. The summed E-state index contributed by atoms with van der Waals surface area (Å²) in [5.74, 6) is -0.135. The van der Waals surface area contributed by atoms with Gasteiger partial charge in [0.1, 0.15) is 12.2 Å². The lowest BCUT2D eigenvalue weighted by Gasteiger charge is -2.19. The van der Waals surface area contributed by atoms with Gasteiger partial charge in [0.05, 0.1) is 145 Å². The fourth-order valence-electron chi connectivity index (χ4n) is 5.77. The highest BCUT2D eigenvalue weighted by Crippen LogP contribution is 2.14. The summed E-state index contributed by atoms with van der Waals surface area (Å²) in [5.41, 5.74) is -0.516. The standard InChI is InChI=1S/C47H93NO15/c1-5-6-7-8-9-10-11-12-13-14-15-16-17-18-19-20-45(49)62-44-43-61-42-41-60-40-39-59-38-37-58-36-35-57-34-33-56-32-31-55-30-29-54-28-27-53-26-25-52-24-23-51-22-21-48-46(50)63-47(2,3)4/h5-44H2,1-4H3,(H,48,50). The van der Waals surface area contributed by atoms with Crippen LogP contribution >= 0.6 is 0 Å². The molecule has 376 valence electrons. The van der Waals surface area contributed by atoms with E-state index in [1.807, 2.05) is 20.8 Å². The van der Waals surface area contributed by atoms with E-state index in [-0.39, 0.29) is 12.6 Å². The number of rotatable bonds is 52. The van der Waals surface area contributed by atoms with Crippen molar-refractivity contribution in [3.63, 3.8) is 0 Å². The summed E-state index contributed by atoms with van der Waals surface area (Å²) in [6.07, 6.45) is 19.7.